The maximum Gasteiger partial charge on any atom is 0.0972 e. The number of nitrogens with zero attached hydrogens (tertiary/aromatic N) is 4. The summed E-state index contributed by atoms with van der Waals surface area (Å²) in [6.07, 6.45) is 0. The molecule has 12 aromatic rings. The van der Waals surface area contributed by atoms with E-state index in [1.807, 2.05) is 18.2 Å². The number of aromatic nitrogens is 4. The summed E-state index contributed by atoms with van der Waals surface area (Å²) < 4.78 is 0. The number of fused-ring (bicyclic) bond motifs is 12. The number of para-hydroxylation sites is 1. The van der Waals surface area contributed by atoms with Crippen molar-refractivity contribution in [3.63, 3.8) is 0 Å². The quantitative estimate of drug-likeness (QED) is 0.169. The highest BCUT2D eigenvalue weighted by Gasteiger charge is 2.18. The topological polar surface area (TPSA) is 51.6 Å². The first-order valence-corrected chi connectivity index (χ1v) is 19.6. The van der Waals surface area contributed by atoms with E-state index in [1.54, 1.807) is 0 Å². The molecule has 4 aromatic heterocycles. The van der Waals surface area contributed by atoms with Gasteiger partial charge < -0.3 is 0 Å². The minimum Gasteiger partial charge on any atom is -0.248 e. The van der Waals surface area contributed by atoms with Gasteiger partial charge in [-0.15, -0.1) is 0 Å². The highest BCUT2D eigenvalue weighted by molar-refractivity contribution is 6.33. The molecule has 0 saturated heterocycles. The molecule has 0 spiro atoms. The fourth-order valence-electron chi connectivity index (χ4n) is 8.78. The maximum absolute atomic E-state index is 5.33. The molecule has 0 aliphatic rings. The summed E-state index contributed by atoms with van der Waals surface area (Å²) >= 11 is 0. The lowest BCUT2D eigenvalue weighted by Crippen LogP contribution is -1.93. The van der Waals surface area contributed by atoms with Gasteiger partial charge in [-0.1, -0.05) is 158 Å². The lowest BCUT2D eigenvalue weighted by Gasteiger charge is -2.16. The first-order chi connectivity index (χ1) is 28.7. The molecule has 4 heterocycles. The molecule has 4 heteroatoms. The third kappa shape index (κ3) is 5.16. The molecule has 0 saturated carbocycles. The van der Waals surface area contributed by atoms with Crippen LogP contribution in [0, 0.1) is 0 Å². The van der Waals surface area contributed by atoms with Crippen LogP contribution in [0.2, 0.25) is 0 Å². The van der Waals surface area contributed by atoms with Crippen molar-refractivity contribution in [1.82, 2.24) is 19.9 Å². The summed E-state index contributed by atoms with van der Waals surface area (Å²) in [6.45, 7) is 0. The summed E-state index contributed by atoms with van der Waals surface area (Å²) in [7, 11) is 0. The van der Waals surface area contributed by atoms with Crippen LogP contribution < -0.4 is 0 Å². The first-order valence-electron chi connectivity index (χ1n) is 19.6. The molecule has 0 unspecified atom stereocenters. The molecule has 0 atom stereocenters. The van der Waals surface area contributed by atoms with Crippen LogP contribution in [0.5, 0.6) is 0 Å². The molecule has 0 radical (unpaired) electrons. The molecule has 58 heavy (non-hydrogen) atoms. The third-order valence-electron chi connectivity index (χ3n) is 11.6. The molecule has 0 aliphatic carbocycles. The van der Waals surface area contributed by atoms with Gasteiger partial charge in [0, 0.05) is 54.6 Å². The lowest BCUT2D eigenvalue weighted by molar-refractivity contribution is 1.36. The zero-order valence-electron chi connectivity index (χ0n) is 31.3. The normalized spacial score (nSPS) is 11.8. The molecular formula is C54H32N4. The molecule has 12 rings (SSSR count). The Bertz CT molecular complexity index is 3610. The van der Waals surface area contributed by atoms with E-state index in [0.29, 0.717) is 0 Å². The van der Waals surface area contributed by atoms with E-state index in [0.717, 1.165) is 83.3 Å². The number of hydrogen-bond acceptors (Lipinski definition) is 4. The number of hydrogen-bond donors (Lipinski definition) is 0. The average Bonchev–Trinajstić information content (AvgIpc) is 3.30. The standard InChI is InChI=1S/C54H32N4/c1-2-10-33(11-3-1)46-28-24-36-22-23-37-25-29-48(57-54(37)53(36)56-46)39-27-31-47-38(32-39)26-30-45(55-47)34-18-20-35(21-19-34)52-51-43-15-7-5-13-41(43)40-12-4-6-14-42(40)50(51)44-16-8-9-17-49(44)58-52/h1-32H. The molecule has 8 aromatic carbocycles. The predicted molar refractivity (Wildman–Crippen MR) is 242 cm³/mol. The van der Waals surface area contributed by atoms with Crippen LogP contribution in [0.15, 0.2) is 194 Å². The number of rotatable bonds is 4. The summed E-state index contributed by atoms with van der Waals surface area (Å²) in [6, 6.07) is 68.4. The average molecular weight is 737 g/mol. The second kappa shape index (κ2) is 12.9. The van der Waals surface area contributed by atoms with Gasteiger partial charge >= 0.3 is 0 Å². The Labute approximate surface area is 333 Å². The van der Waals surface area contributed by atoms with E-state index in [2.05, 4.69) is 176 Å². The Balaban J connectivity index is 0.921. The Morgan fingerprint density at radius 2 is 0.741 bits per heavy atom. The van der Waals surface area contributed by atoms with Gasteiger partial charge in [0.15, 0.2) is 0 Å². The lowest BCUT2D eigenvalue weighted by atomic mass is 9.90. The monoisotopic (exact) mass is 736 g/mol. The Morgan fingerprint density at radius 3 is 1.43 bits per heavy atom. The van der Waals surface area contributed by atoms with E-state index in [1.165, 1.54) is 37.7 Å². The molecule has 4 nitrogen and oxygen atoms in total. The van der Waals surface area contributed by atoms with Gasteiger partial charge in [-0.2, -0.15) is 0 Å². The van der Waals surface area contributed by atoms with Crippen molar-refractivity contribution in [2.24, 2.45) is 0 Å². The van der Waals surface area contributed by atoms with Crippen LogP contribution in [-0.2, 0) is 0 Å². The maximum atomic E-state index is 5.33. The van der Waals surface area contributed by atoms with Crippen LogP contribution in [0.25, 0.3) is 121 Å². The van der Waals surface area contributed by atoms with E-state index in [4.69, 9.17) is 19.9 Å². The van der Waals surface area contributed by atoms with Gasteiger partial charge in [-0.3, -0.25) is 0 Å². The molecule has 0 aliphatic heterocycles. The molecule has 268 valence electrons. The molecule has 0 fully saturated rings. The summed E-state index contributed by atoms with van der Waals surface area (Å²) in [4.78, 5) is 20.7. The van der Waals surface area contributed by atoms with Gasteiger partial charge in [-0.05, 0) is 57.9 Å². The smallest absolute Gasteiger partial charge is 0.0972 e. The van der Waals surface area contributed by atoms with Crippen LogP contribution in [0.3, 0.4) is 0 Å². The molecule has 0 amide bonds. The molecular weight excluding hydrogens is 705 g/mol. The van der Waals surface area contributed by atoms with Gasteiger partial charge in [-0.25, -0.2) is 19.9 Å². The zero-order chi connectivity index (χ0) is 38.2. The van der Waals surface area contributed by atoms with Crippen LogP contribution in [0.4, 0.5) is 0 Å². The van der Waals surface area contributed by atoms with Crippen molar-refractivity contribution in [2.75, 3.05) is 0 Å². The van der Waals surface area contributed by atoms with E-state index >= 15 is 0 Å². The van der Waals surface area contributed by atoms with Gasteiger partial charge in [0.25, 0.3) is 0 Å². The largest absolute Gasteiger partial charge is 0.248 e. The van der Waals surface area contributed by atoms with Crippen molar-refractivity contribution in [3.05, 3.63) is 194 Å². The van der Waals surface area contributed by atoms with Crippen molar-refractivity contribution in [1.29, 1.82) is 0 Å². The highest BCUT2D eigenvalue weighted by atomic mass is 14.8. The van der Waals surface area contributed by atoms with Crippen molar-refractivity contribution >= 4 is 75.9 Å². The Kier molecular flexibility index (Phi) is 7.20. The van der Waals surface area contributed by atoms with Gasteiger partial charge in [0.05, 0.1) is 44.8 Å². The highest BCUT2D eigenvalue weighted by Crippen LogP contribution is 2.43. The van der Waals surface area contributed by atoms with E-state index in [9.17, 15) is 0 Å². The van der Waals surface area contributed by atoms with Crippen LogP contribution in [-0.4, -0.2) is 19.9 Å². The fraction of sp³-hybridized carbons (Fsp3) is 0. The first kappa shape index (κ1) is 32.4. The number of pyridine rings is 4. The zero-order valence-corrected chi connectivity index (χ0v) is 31.3. The minimum atomic E-state index is 0.901. The third-order valence-corrected chi connectivity index (χ3v) is 11.6. The van der Waals surface area contributed by atoms with E-state index < -0.39 is 0 Å². The van der Waals surface area contributed by atoms with Crippen molar-refractivity contribution < 1.29 is 0 Å². The molecule has 0 N–H and O–H groups in total. The second-order valence-electron chi connectivity index (χ2n) is 15.0. The number of benzene rings is 8. The Morgan fingerprint density at radius 1 is 0.259 bits per heavy atom. The second-order valence-corrected chi connectivity index (χ2v) is 15.0. The van der Waals surface area contributed by atoms with Crippen molar-refractivity contribution in [3.8, 4) is 45.0 Å². The summed E-state index contributed by atoms with van der Waals surface area (Å²) in [5.74, 6) is 0. The van der Waals surface area contributed by atoms with Gasteiger partial charge in [0.1, 0.15) is 0 Å². The molecule has 0 bridgehead atoms. The summed E-state index contributed by atoms with van der Waals surface area (Å²) in [5, 5.41) is 11.8. The SMILES string of the molecule is c1ccc(-c2ccc3ccc4ccc(-c5ccc6nc(-c7ccc(-c8nc9ccccc9c9c%10ccccc%10c%10ccccc%10c89)cc7)ccc6c5)nc4c3n2)cc1. The Hall–Kier alpha value is -7.82. The van der Waals surface area contributed by atoms with Gasteiger partial charge in [0.2, 0.25) is 0 Å². The van der Waals surface area contributed by atoms with Crippen LogP contribution >= 0.6 is 0 Å². The predicted octanol–water partition coefficient (Wildman–Crippen LogP) is 14.0. The minimum absolute atomic E-state index is 0.901. The summed E-state index contributed by atoms with van der Waals surface area (Å²) in [5.41, 5.74) is 11.8. The van der Waals surface area contributed by atoms with Crippen LogP contribution in [0.1, 0.15) is 0 Å². The van der Waals surface area contributed by atoms with Crippen molar-refractivity contribution in [2.45, 2.75) is 0 Å². The van der Waals surface area contributed by atoms with E-state index in [-0.39, 0.29) is 0 Å². The fourth-order valence-corrected chi connectivity index (χ4v) is 8.78.